The van der Waals surface area contributed by atoms with E-state index >= 15 is 0 Å². The fraction of sp³-hybridized carbons (Fsp3) is 0.800. The Morgan fingerprint density at radius 3 is 2.84 bits per heavy atom. The van der Waals surface area contributed by atoms with Crippen molar-refractivity contribution in [2.75, 3.05) is 13.1 Å². The van der Waals surface area contributed by atoms with Gasteiger partial charge < -0.3 is 5.32 Å². The van der Waals surface area contributed by atoms with Crippen molar-refractivity contribution in [2.45, 2.75) is 58.7 Å². The van der Waals surface area contributed by atoms with E-state index in [2.05, 4.69) is 42.2 Å². The molecule has 0 aliphatic carbocycles. The van der Waals surface area contributed by atoms with Crippen molar-refractivity contribution in [3.05, 3.63) is 17.5 Å². The summed E-state index contributed by atoms with van der Waals surface area (Å²) in [7, 11) is 2.05. The molecule has 4 nitrogen and oxygen atoms in total. The molecule has 108 valence electrons. The molecule has 1 N–H and O–H groups in total. The average Bonchev–Trinajstić information content (AvgIpc) is 2.67. The molecule has 0 bridgehead atoms. The highest BCUT2D eigenvalue weighted by molar-refractivity contribution is 5.08. The van der Waals surface area contributed by atoms with Crippen LogP contribution in [-0.4, -0.2) is 39.9 Å². The molecule has 1 aromatic heterocycles. The minimum Gasteiger partial charge on any atom is -0.313 e. The van der Waals surface area contributed by atoms with E-state index in [0.717, 1.165) is 18.8 Å². The number of nitrogens with one attached hydrogen (secondary N) is 1. The molecular formula is C15H28N4. The Labute approximate surface area is 117 Å². The van der Waals surface area contributed by atoms with Crippen molar-refractivity contribution in [1.82, 2.24) is 20.0 Å². The highest BCUT2D eigenvalue weighted by Crippen LogP contribution is 2.19. The summed E-state index contributed by atoms with van der Waals surface area (Å²) >= 11 is 0. The normalized spacial score (nSPS) is 21.2. The lowest BCUT2D eigenvalue weighted by Gasteiger charge is -2.36. The zero-order chi connectivity index (χ0) is 13.8. The third kappa shape index (κ3) is 4.05. The number of nitrogens with zero attached hydrogens (tertiary/aromatic N) is 3. The lowest BCUT2D eigenvalue weighted by atomic mass is 10.0. The first-order chi connectivity index (χ1) is 9.06. The predicted octanol–water partition coefficient (Wildman–Crippen LogP) is 2.08. The molecule has 2 heterocycles. The van der Waals surface area contributed by atoms with Crippen molar-refractivity contribution in [2.24, 2.45) is 7.05 Å². The van der Waals surface area contributed by atoms with Gasteiger partial charge in [0, 0.05) is 32.2 Å². The van der Waals surface area contributed by atoms with Gasteiger partial charge in [-0.2, -0.15) is 5.10 Å². The van der Waals surface area contributed by atoms with Gasteiger partial charge in [0.1, 0.15) is 0 Å². The van der Waals surface area contributed by atoms with E-state index in [1.807, 2.05) is 11.7 Å². The smallest absolute Gasteiger partial charge is 0.0597 e. The zero-order valence-electron chi connectivity index (χ0n) is 12.8. The summed E-state index contributed by atoms with van der Waals surface area (Å²) in [6.45, 7) is 9.86. The predicted molar refractivity (Wildman–Crippen MR) is 79.1 cm³/mol. The van der Waals surface area contributed by atoms with Crippen LogP contribution in [0.3, 0.4) is 0 Å². The Kier molecular flexibility index (Phi) is 4.99. The molecule has 1 aromatic rings. The van der Waals surface area contributed by atoms with E-state index in [1.165, 1.54) is 31.5 Å². The SMILES string of the molecule is Cc1cc(CN2CCCCC2CNC(C)C)n(C)n1. The Morgan fingerprint density at radius 1 is 1.42 bits per heavy atom. The second-order valence-electron chi connectivity index (χ2n) is 6.08. The number of likely N-dealkylation sites (tertiary alicyclic amines) is 1. The molecule has 4 heteroatoms. The summed E-state index contributed by atoms with van der Waals surface area (Å²) in [5.74, 6) is 0. The van der Waals surface area contributed by atoms with Gasteiger partial charge in [-0.15, -0.1) is 0 Å². The summed E-state index contributed by atoms with van der Waals surface area (Å²) < 4.78 is 2.02. The molecule has 2 rings (SSSR count). The Balaban J connectivity index is 1.97. The van der Waals surface area contributed by atoms with Crippen LogP contribution in [0.5, 0.6) is 0 Å². The fourth-order valence-electron chi connectivity index (χ4n) is 2.89. The number of hydrogen-bond acceptors (Lipinski definition) is 3. The molecular weight excluding hydrogens is 236 g/mol. The number of aromatic nitrogens is 2. The van der Waals surface area contributed by atoms with Crippen LogP contribution >= 0.6 is 0 Å². The van der Waals surface area contributed by atoms with Crippen LogP contribution in [0.1, 0.15) is 44.5 Å². The number of hydrogen-bond donors (Lipinski definition) is 1. The van der Waals surface area contributed by atoms with Crippen molar-refractivity contribution >= 4 is 0 Å². The molecule has 19 heavy (non-hydrogen) atoms. The maximum absolute atomic E-state index is 4.45. The van der Waals surface area contributed by atoms with Crippen molar-refractivity contribution in [3.63, 3.8) is 0 Å². The first-order valence-electron chi connectivity index (χ1n) is 7.53. The lowest BCUT2D eigenvalue weighted by molar-refractivity contribution is 0.132. The van der Waals surface area contributed by atoms with Gasteiger partial charge in [-0.3, -0.25) is 9.58 Å². The third-order valence-electron chi connectivity index (χ3n) is 3.97. The fourth-order valence-corrected chi connectivity index (χ4v) is 2.89. The molecule has 1 atom stereocenters. The molecule has 0 spiro atoms. The van der Waals surface area contributed by atoms with E-state index < -0.39 is 0 Å². The molecule has 0 radical (unpaired) electrons. The second kappa shape index (κ2) is 6.53. The standard InChI is InChI=1S/C15H28N4/c1-12(2)16-10-14-7-5-6-8-19(14)11-15-9-13(3)17-18(15)4/h9,12,14,16H,5-8,10-11H2,1-4H3. The largest absolute Gasteiger partial charge is 0.313 e. The summed E-state index contributed by atoms with van der Waals surface area (Å²) in [4.78, 5) is 2.62. The van der Waals surface area contributed by atoms with Gasteiger partial charge in [0.25, 0.3) is 0 Å². The van der Waals surface area contributed by atoms with Gasteiger partial charge in [0.15, 0.2) is 0 Å². The molecule has 1 aliphatic rings. The van der Waals surface area contributed by atoms with Gasteiger partial charge in [-0.05, 0) is 32.4 Å². The van der Waals surface area contributed by atoms with Crippen LogP contribution in [0.25, 0.3) is 0 Å². The van der Waals surface area contributed by atoms with Crippen LogP contribution in [-0.2, 0) is 13.6 Å². The summed E-state index contributed by atoms with van der Waals surface area (Å²) in [5, 5.41) is 8.04. The van der Waals surface area contributed by atoms with Crippen LogP contribution in [0.4, 0.5) is 0 Å². The van der Waals surface area contributed by atoms with Gasteiger partial charge in [-0.1, -0.05) is 20.3 Å². The van der Waals surface area contributed by atoms with Crippen LogP contribution in [0, 0.1) is 6.92 Å². The Hall–Kier alpha value is -0.870. The monoisotopic (exact) mass is 264 g/mol. The highest BCUT2D eigenvalue weighted by atomic mass is 15.3. The Bertz CT molecular complexity index is 397. The summed E-state index contributed by atoms with van der Waals surface area (Å²) in [6.07, 6.45) is 4.01. The number of aryl methyl sites for hydroxylation is 2. The van der Waals surface area contributed by atoms with Gasteiger partial charge in [0.05, 0.1) is 11.4 Å². The molecule has 0 aromatic carbocycles. The van der Waals surface area contributed by atoms with E-state index in [-0.39, 0.29) is 0 Å². The molecule has 1 aliphatic heterocycles. The number of piperidine rings is 1. The summed E-state index contributed by atoms with van der Waals surface area (Å²) in [5.41, 5.74) is 2.44. The van der Waals surface area contributed by atoms with Crippen molar-refractivity contribution < 1.29 is 0 Å². The van der Waals surface area contributed by atoms with E-state index in [1.54, 1.807) is 0 Å². The van der Waals surface area contributed by atoms with Gasteiger partial charge in [0.2, 0.25) is 0 Å². The molecule has 0 saturated carbocycles. The van der Waals surface area contributed by atoms with Crippen molar-refractivity contribution in [3.8, 4) is 0 Å². The topological polar surface area (TPSA) is 33.1 Å². The average molecular weight is 264 g/mol. The maximum atomic E-state index is 4.45. The first-order valence-corrected chi connectivity index (χ1v) is 7.53. The van der Waals surface area contributed by atoms with E-state index in [0.29, 0.717) is 12.1 Å². The summed E-state index contributed by atoms with van der Waals surface area (Å²) in [6, 6.07) is 3.45. The maximum Gasteiger partial charge on any atom is 0.0597 e. The molecule has 1 fully saturated rings. The molecule has 1 saturated heterocycles. The van der Waals surface area contributed by atoms with Crippen LogP contribution in [0.2, 0.25) is 0 Å². The second-order valence-corrected chi connectivity index (χ2v) is 6.08. The zero-order valence-corrected chi connectivity index (χ0v) is 12.8. The number of rotatable bonds is 5. The first kappa shape index (κ1) is 14.5. The molecule has 1 unspecified atom stereocenters. The van der Waals surface area contributed by atoms with E-state index in [9.17, 15) is 0 Å². The van der Waals surface area contributed by atoms with Gasteiger partial charge >= 0.3 is 0 Å². The minimum atomic E-state index is 0.572. The molecule has 0 amide bonds. The highest BCUT2D eigenvalue weighted by Gasteiger charge is 2.23. The third-order valence-corrected chi connectivity index (χ3v) is 3.97. The van der Waals surface area contributed by atoms with Gasteiger partial charge in [-0.25, -0.2) is 0 Å². The van der Waals surface area contributed by atoms with E-state index in [4.69, 9.17) is 0 Å². The van der Waals surface area contributed by atoms with Crippen molar-refractivity contribution in [1.29, 1.82) is 0 Å². The van der Waals surface area contributed by atoms with Crippen LogP contribution < -0.4 is 5.32 Å². The Morgan fingerprint density at radius 2 is 2.21 bits per heavy atom. The minimum absolute atomic E-state index is 0.572. The lowest BCUT2D eigenvalue weighted by Crippen LogP contribution is -2.46. The quantitative estimate of drug-likeness (QED) is 0.884. The van der Waals surface area contributed by atoms with Crippen LogP contribution in [0.15, 0.2) is 6.07 Å².